The fourth-order valence-corrected chi connectivity index (χ4v) is 3.01. The lowest BCUT2D eigenvalue weighted by molar-refractivity contribution is -0.143. The number of hydrogen-bond donors (Lipinski definition) is 2. The van der Waals surface area contributed by atoms with Gasteiger partial charge in [-0.25, -0.2) is 4.39 Å². The summed E-state index contributed by atoms with van der Waals surface area (Å²) in [5.74, 6) is -1.93. The summed E-state index contributed by atoms with van der Waals surface area (Å²) in [6.45, 7) is 1.94. The van der Waals surface area contributed by atoms with Crippen LogP contribution in [0, 0.1) is 5.82 Å². The Morgan fingerprint density at radius 2 is 1.93 bits per heavy atom. The first-order valence-electron chi connectivity index (χ1n) is 9.41. The van der Waals surface area contributed by atoms with Gasteiger partial charge in [-0.1, -0.05) is 36.4 Å². The van der Waals surface area contributed by atoms with Crippen LogP contribution in [-0.4, -0.2) is 34.8 Å². The van der Waals surface area contributed by atoms with Gasteiger partial charge in [-0.2, -0.15) is 0 Å². The number of carbonyl (C=O) groups is 2. The van der Waals surface area contributed by atoms with Gasteiger partial charge in [0.25, 0.3) is 11.8 Å². The van der Waals surface area contributed by atoms with Crippen LogP contribution in [0.15, 0.2) is 59.1 Å². The number of nitrogens with zero attached hydrogens (tertiary/aromatic N) is 1. The highest BCUT2D eigenvalue weighted by molar-refractivity contribution is 5.92. The predicted octanol–water partition coefficient (Wildman–Crippen LogP) is 3.48. The minimum atomic E-state index is -0.603. The molecule has 0 bridgehead atoms. The number of nitrogens with one attached hydrogen (secondary N) is 1. The third-order valence-electron chi connectivity index (χ3n) is 4.37. The average Bonchev–Trinajstić information content (AvgIpc) is 3.15. The first kappa shape index (κ1) is 21.0. The van der Waals surface area contributed by atoms with Gasteiger partial charge in [-0.05, 0) is 47.3 Å². The van der Waals surface area contributed by atoms with E-state index in [9.17, 15) is 19.1 Å². The smallest absolute Gasteiger partial charge is 0.307 e. The molecule has 1 amide bonds. The molecule has 2 N–H and O–H groups in total. The first-order valence-corrected chi connectivity index (χ1v) is 9.41. The van der Waals surface area contributed by atoms with E-state index < -0.39 is 23.8 Å². The molecular weight excluding hydrogens is 391 g/mol. The van der Waals surface area contributed by atoms with Gasteiger partial charge in [-0.3, -0.25) is 9.59 Å². The van der Waals surface area contributed by atoms with Gasteiger partial charge in [0.05, 0.1) is 19.1 Å². The minimum absolute atomic E-state index is 0.0364. The molecule has 0 fully saturated rings. The van der Waals surface area contributed by atoms with Crippen molar-refractivity contribution < 1.29 is 28.3 Å². The van der Waals surface area contributed by atoms with Crippen LogP contribution in [0.4, 0.5) is 4.39 Å². The van der Waals surface area contributed by atoms with Crippen molar-refractivity contribution in [3.05, 3.63) is 71.7 Å². The Bertz CT molecular complexity index is 1020. The molecule has 156 valence electrons. The maximum atomic E-state index is 13.4. The SMILES string of the molecule is CCOC(=O)C[C@@H](Cc1ccc(-c2cccc(F)c2)cc1)NC(=O)c1cc(O)no1. The molecular formula is C22H21FN2O5. The van der Waals surface area contributed by atoms with Gasteiger partial charge in [0, 0.05) is 6.04 Å². The second-order valence-corrected chi connectivity index (χ2v) is 6.64. The van der Waals surface area contributed by atoms with Crippen molar-refractivity contribution in [1.82, 2.24) is 10.5 Å². The highest BCUT2D eigenvalue weighted by Gasteiger charge is 2.21. The maximum absolute atomic E-state index is 13.4. The van der Waals surface area contributed by atoms with Crippen molar-refractivity contribution in [1.29, 1.82) is 0 Å². The number of amides is 1. The van der Waals surface area contributed by atoms with Crippen LogP contribution < -0.4 is 5.32 Å². The molecule has 0 aliphatic carbocycles. The van der Waals surface area contributed by atoms with E-state index >= 15 is 0 Å². The van der Waals surface area contributed by atoms with Crippen molar-refractivity contribution in [2.75, 3.05) is 6.61 Å². The van der Waals surface area contributed by atoms with Gasteiger partial charge < -0.3 is 19.7 Å². The highest BCUT2D eigenvalue weighted by Crippen LogP contribution is 2.21. The standard InChI is InChI=1S/C22H21FN2O5/c1-2-29-21(27)12-18(24-22(28)19-13-20(26)25-30-19)10-14-6-8-15(9-7-14)16-4-3-5-17(23)11-16/h3-9,11,13,18H,2,10,12H2,1H3,(H,24,28)(H,25,26)/t18-/m1/s1. The van der Waals surface area contributed by atoms with Crippen molar-refractivity contribution in [2.24, 2.45) is 0 Å². The Morgan fingerprint density at radius 3 is 2.57 bits per heavy atom. The van der Waals surface area contributed by atoms with Crippen LogP contribution in [0.25, 0.3) is 11.1 Å². The van der Waals surface area contributed by atoms with Crippen LogP contribution in [0.5, 0.6) is 5.88 Å². The van der Waals surface area contributed by atoms with Crippen LogP contribution in [-0.2, 0) is 16.0 Å². The fraction of sp³-hybridized carbons (Fsp3) is 0.227. The highest BCUT2D eigenvalue weighted by atomic mass is 19.1. The number of halogens is 1. The van der Waals surface area contributed by atoms with Gasteiger partial charge in [0.15, 0.2) is 0 Å². The predicted molar refractivity (Wildman–Crippen MR) is 106 cm³/mol. The number of esters is 1. The third kappa shape index (κ3) is 5.66. The molecule has 30 heavy (non-hydrogen) atoms. The van der Waals surface area contributed by atoms with Gasteiger partial charge >= 0.3 is 5.97 Å². The molecule has 7 nitrogen and oxygen atoms in total. The van der Waals surface area contributed by atoms with Crippen LogP contribution in [0.3, 0.4) is 0 Å². The van der Waals surface area contributed by atoms with E-state index in [4.69, 9.17) is 9.26 Å². The number of carbonyl (C=O) groups excluding carboxylic acids is 2. The van der Waals surface area contributed by atoms with Gasteiger partial charge in [-0.15, -0.1) is 0 Å². The summed E-state index contributed by atoms with van der Waals surface area (Å²) in [6.07, 6.45) is 0.319. The number of aromatic hydroxyl groups is 1. The minimum Gasteiger partial charge on any atom is -0.491 e. The summed E-state index contributed by atoms with van der Waals surface area (Å²) < 4.78 is 23.2. The van der Waals surface area contributed by atoms with Crippen molar-refractivity contribution >= 4 is 11.9 Å². The Balaban J connectivity index is 1.73. The quantitative estimate of drug-likeness (QED) is 0.549. The first-order chi connectivity index (χ1) is 14.4. The van der Waals surface area contributed by atoms with E-state index in [2.05, 4.69) is 10.5 Å². The summed E-state index contributed by atoms with van der Waals surface area (Å²) in [4.78, 5) is 24.3. The second-order valence-electron chi connectivity index (χ2n) is 6.64. The number of hydrogen-bond acceptors (Lipinski definition) is 6. The lowest BCUT2D eigenvalue weighted by Gasteiger charge is -2.17. The molecule has 8 heteroatoms. The largest absolute Gasteiger partial charge is 0.491 e. The van der Waals surface area contributed by atoms with E-state index in [0.717, 1.165) is 22.8 Å². The van der Waals surface area contributed by atoms with Crippen LogP contribution >= 0.6 is 0 Å². The molecule has 0 unspecified atom stereocenters. The summed E-state index contributed by atoms with van der Waals surface area (Å²) >= 11 is 0. The number of aromatic nitrogens is 1. The Morgan fingerprint density at radius 1 is 1.17 bits per heavy atom. The zero-order valence-corrected chi connectivity index (χ0v) is 16.3. The fourth-order valence-electron chi connectivity index (χ4n) is 3.01. The molecule has 2 aromatic carbocycles. The molecule has 0 aliphatic rings. The zero-order chi connectivity index (χ0) is 21.5. The summed E-state index contributed by atoms with van der Waals surface area (Å²) in [5.41, 5.74) is 2.47. The van der Waals surface area contributed by atoms with Crippen LogP contribution in [0.2, 0.25) is 0 Å². The third-order valence-corrected chi connectivity index (χ3v) is 4.37. The zero-order valence-electron chi connectivity index (χ0n) is 16.3. The molecule has 0 radical (unpaired) electrons. The molecule has 0 saturated heterocycles. The molecule has 1 heterocycles. The molecule has 1 aromatic heterocycles. The molecule has 3 aromatic rings. The second kappa shape index (κ2) is 9.69. The van der Waals surface area contributed by atoms with E-state index in [1.165, 1.54) is 12.1 Å². The molecule has 0 saturated carbocycles. The number of ether oxygens (including phenoxy) is 1. The summed E-state index contributed by atoms with van der Waals surface area (Å²) in [6, 6.07) is 14.2. The van der Waals surface area contributed by atoms with Crippen molar-refractivity contribution in [3.8, 4) is 17.0 Å². The van der Waals surface area contributed by atoms with E-state index in [1.54, 1.807) is 13.0 Å². The van der Waals surface area contributed by atoms with E-state index in [0.29, 0.717) is 6.42 Å². The lowest BCUT2D eigenvalue weighted by atomic mass is 9.99. The Hall–Kier alpha value is -3.68. The van der Waals surface area contributed by atoms with Crippen molar-refractivity contribution in [2.45, 2.75) is 25.8 Å². The maximum Gasteiger partial charge on any atom is 0.307 e. The monoisotopic (exact) mass is 412 g/mol. The van der Waals surface area contributed by atoms with E-state index in [1.807, 2.05) is 30.3 Å². The Labute approximate surface area is 172 Å². The lowest BCUT2D eigenvalue weighted by Crippen LogP contribution is -2.38. The molecule has 0 spiro atoms. The topological polar surface area (TPSA) is 102 Å². The van der Waals surface area contributed by atoms with Gasteiger partial charge in [0.1, 0.15) is 5.82 Å². The average molecular weight is 412 g/mol. The summed E-state index contributed by atoms with van der Waals surface area (Å²) in [7, 11) is 0. The van der Waals surface area contributed by atoms with Gasteiger partial charge in [0.2, 0.25) is 5.76 Å². The van der Waals surface area contributed by atoms with Crippen LogP contribution in [0.1, 0.15) is 29.5 Å². The Kier molecular flexibility index (Phi) is 6.79. The molecule has 3 rings (SSSR count). The molecule has 0 aliphatic heterocycles. The normalized spacial score (nSPS) is 11.7. The summed E-state index contributed by atoms with van der Waals surface area (Å²) in [5, 5.41) is 15.2. The number of benzene rings is 2. The van der Waals surface area contributed by atoms with E-state index in [-0.39, 0.29) is 24.6 Å². The molecule has 1 atom stereocenters. The number of rotatable bonds is 8. The van der Waals surface area contributed by atoms with Crippen molar-refractivity contribution in [3.63, 3.8) is 0 Å².